The molecule has 1 atom stereocenters. The summed E-state index contributed by atoms with van der Waals surface area (Å²) in [5.41, 5.74) is 8.35. The monoisotopic (exact) mass is 195 g/mol. The lowest BCUT2D eigenvalue weighted by molar-refractivity contribution is 0.757. The highest BCUT2D eigenvalue weighted by molar-refractivity contribution is 7.98. The first-order chi connectivity index (χ1) is 6.19. The number of thioether (sulfide) groups is 1. The highest BCUT2D eigenvalue weighted by atomic mass is 32.2. The van der Waals surface area contributed by atoms with Gasteiger partial charge in [-0.1, -0.05) is 24.6 Å². The second-order valence-corrected chi connectivity index (χ2v) is 4.23. The van der Waals surface area contributed by atoms with Crippen LogP contribution in [-0.2, 0) is 0 Å². The van der Waals surface area contributed by atoms with E-state index in [9.17, 15) is 0 Å². The average Bonchev–Trinajstić information content (AvgIpc) is 2.16. The fourth-order valence-electron chi connectivity index (χ4n) is 1.35. The summed E-state index contributed by atoms with van der Waals surface area (Å²) >= 11 is 1.80. The summed E-state index contributed by atoms with van der Waals surface area (Å²) in [6, 6.07) is 6.58. The Labute approximate surface area is 84.7 Å². The first-order valence-corrected chi connectivity index (χ1v) is 5.76. The molecule has 0 saturated heterocycles. The van der Waals surface area contributed by atoms with Crippen LogP contribution < -0.4 is 5.73 Å². The molecule has 13 heavy (non-hydrogen) atoms. The molecule has 1 aromatic rings. The van der Waals surface area contributed by atoms with Gasteiger partial charge in [0, 0.05) is 4.90 Å². The van der Waals surface area contributed by atoms with E-state index in [4.69, 9.17) is 5.73 Å². The second kappa shape index (κ2) is 4.68. The Morgan fingerprint density at radius 2 is 2.15 bits per heavy atom. The van der Waals surface area contributed by atoms with Crippen LogP contribution in [-0.4, -0.2) is 12.8 Å². The maximum Gasteiger partial charge on any atom is 0.0107 e. The first kappa shape index (κ1) is 10.6. The second-order valence-electron chi connectivity index (χ2n) is 3.38. The van der Waals surface area contributed by atoms with Gasteiger partial charge >= 0.3 is 0 Å². The van der Waals surface area contributed by atoms with E-state index < -0.39 is 0 Å². The summed E-state index contributed by atoms with van der Waals surface area (Å²) in [5.74, 6) is 0.461. The van der Waals surface area contributed by atoms with Crippen molar-refractivity contribution in [2.45, 2.75) is 24.7 Å². The molecule has 0 radical (unpaired) electrons. The quantitative estimate of drug-likeness (QED) is 0.751. The van der Waals surface area contributed by atoms with Crippen LogP contribution >= 0.6 is 11.8 Å². The van der Waals surface area contributed by atoms with Crippen LogP contribution in [0.15, 0.2) is 23.1 Å². The molecule has 1 rings (SSSR count). The van der Waals surface area contributed by atoms with Crippen LogP contribution in [0.25, 0.3) is 0 Å². The SMILES string of the molecule is CSc1cc(C)ccc1C(C)CN. The van der Waals surface area contributed by atoms with Crippen LogP contribution in [0.3, 0.4) is 0 Å². The van der Waals surface area contributed by atoms with Gasteiger partial charge in [0.2, 0.25) is 0 Å². The third-order valence-corrected chi connectivity index (χ3v) is 3.07. The fraction of sp³-hybridized carbons (Fsp3) is 0.455. The molecule has 72 valence electrons. The maximum absolute atomic E-state index is 5.66. The molecular formula is C11H17NS. The van der Waals surface area contributed by atoms with Crippen LogP contribution in [0.4, 0.5) is 0 Å². The van der Waals surface area contributed by atoms with Crippen molar-refractivity contribution >= 4 is 11.8 Å². The zero-order valence-corrected chi connectivity index (χ0v) is 9.32. The van der Waals surface area contributed by atoms with Crippen LogP contribution in [0, 0.1) is 6.92 Å². The average molecular weight is 195 g/mol. The molecule has 1 unspecified atom stereocenters. The minimum absolute atomic E-state index is 0.461. The van der Waals surface area contributed by atoms with Crippen molar-refractivity contribution in [3.8, 4) is 0 Å². The minimum Gasteiger partial charge on any atom is -0.330 e. The number of benzene rings is 1. The minimum atomic E-state index is 0.461. The molecule has 0 spiro atoms. The summed E-state index contributed by atoms with van der Waals surface area (Å²) < 4.78 is 0. The zero-order valence-electron chi connectivity index (χ0n) is 8.50. The molecular weight excluding hydrogens is 178 g/mol. The Morgan fingerprint density at radius 1 is 1.46 bits per heavy atom. The van der Waals surface area contributed by atoms with E-state index in [2.05, 4.69) is 38.3 Å². The highest BCUT2D eigenvalue weighted by Gasteiger charge is 2.07. The Morgan fingerprint density at radius 3 is 2.69 bits per heavy atom. The van der Waals surface area contributed by atoms with Crippen molar-refractivity contribution in [2.75, 3.05) is 12.8 Å². The van der Waals surface area contributed by atoms with E-state index in [1.54, 1.807) is 11.8 Å². The van der Waals surface area contributed by atoms with Crippen molar-refractivity contribution in [2.24, 2.45) is 5.73 Å². The van der Waals surface area contributed by atoms with E-state index in [1.807, 2.05) is 0 Å². The number of rotatable bonds is 3. The summed E-state index contributed by atoms with van der Waals surface area (Å²) in [4.78, 5) is 1.36. The van der Waals surface area contributed by atoms with Crippen LogP contribution in [0.5, 0.6) is 0 Å². The van der Waals surface area contributed by atoms with E-state index in [0.29, 0.717) is 5.92 Å². The molecule has 2 N–H and O–H groups in total. The molecule has 0 amide bonds. The van der Waals surface area contributed by atoms with Gasteiger partial charge in [-0.3, -0.25) is 0 Å². The van der Waals surface area contributed by atoms with Crippen molar-refractivity contribution in [3.05, 3.63) is 29.3 Å². The van der Waals surface area contributed by atoms with Gasteiger partial charge in [-0.2, -0.15) is 0 Å². The Bertz CT molecular complexity index is 283. The lowest BCUT2D eigenvalue weighted by atomic mass is 10.0. The first-order valence-electron chi connectivity index (χ1n) is 4.53. The Kier molecular flexibility index (Phi) is 3.82. The van der Waals surface area contributed by atoms with Crippen molar-refractivity contribution in [3.63, 3.8) is 0 Å². The lowest BCUT2D eigenvalue weighted by Crippen LogP contribution is -2.09. The molecule has 1 nitrogen and oxygen atoms in total. The van der Waals surface area contributed by atoms with Gasteiger partial charge < -0.3 is 5.73 Å². The predicted molar refractivity (Wildman–Crippen MR) is 60.4 cm³/mol. The molecule has 0 saturated carbocycles. The van der Waals surface area contributed by atoms with Gasteiger partial charge in [0.15, 0.2) is 0 Å². The number of hydrogen-bond donors (Lipinski definition) is 1. The molecule has 0 bridgehead atoms. The largest absolute Gasteiger partial charge is 0.330 e. The van der Waals surface area contributed by atoms with Crippen LogP contribution in [0.2, 0.25) is 0 Å². The summed E-state index contributed by atoms with van der Waals surface area (Å²) in [7, 11) is 0. The van der Waals surface area contributed by atoms with E-state index in [-0.39, 0.29) is 0 Å². The third-order valence-electron chi connectivity index (χ3n) is 2.27. The fourth-order valence-corrected chi connectivity index (χ4v) is 2.16. The third kappa shape index (κ3) is 2.48. The smallest absolute Gasteiger partial charge is 0.0107 e. The highest BCUT2D eigenvalue weighted by Crippen LogP contribution is 2.27. The summed E-state index contributed by atoms with van der Waals surface area (Å²) in [6.45, 7) is 5.01. The maximum atomic E-state index is 5.66. The summed E-state index contributed by atoms with van der Waals surface area (Å²) in [6.07, 6.45) is 2.11. The molecule has 0 aliphatic heterocycles. The van der Waals surface area contributed by atoms with Gasteiger partial charge in [-0.05, 0) is 37.3 Å². The number of nitrogens with two attached hydrogens (primary N) is 1. The van der Waals surface area contributed by atoms with Gasteiger partial charge in [-0.25, -0.2) is 0 Å². The molecule has 0 aliphatic rings. The molecule has 0 aliphatic carbocycles. The van der Waals surface area contributed by atoms with Crippen LogP contribution in [0.1, 0.15) is 24.0 Å². The van der Waals surface area contributed by atoms with Gasteiger partial charge in [-0.15, -0.1) is 11.8 Å². The van der Waals surface area contributed by atoms with Gasteiger partial charge in [0.25, 0.3) is 0 Å². The van der Waals surface area contributed by atoms with E-state index in [0.717, 1.165) is 6.54 Å². The van der Waals surface area contributed by atoms with Crippen molar-refractivity contribution in [1.82, 2.24) is 0 Å². The Hall–Kier alpha value is -0.470. The normalized spacial score (nSPS) is 12.9. The zero-order chi connectivity index (χ0) is 9.84. The van der Waals surface area contributed by atoms with Gasteiger partial charge in [0.1, 0.15) is 0 Å². The Balaban J connectivity index is 3.05. The number of hydrogen-bond acceptors (Lipinski definition) is 2. The molecule has 1 aromatic carbocycles. The van der Waals surface area contributed by atoms with E-state index >= 15 is 0 Å². The predicted octanol–water partition coefficient (Wildman–Crippen LogP) is 2.78. The number of aryl methyl sites for hydroxylation is 1. The van der Waals surface area contributed by atoms with Crippen molar-refractivity contribution in [1.29, 1.82) is 0 Å². The molecule has 0 aromatic heterocycles. The lowest BCUT2D eigenvalue weighted by Gasteiger charge is -2.13. The summed E-state index contributed by atoms with van der Waals surface area (Å²) in [5, 5.41) is 0. The molecule has 2 heteroatoms. The topological polar surface area (TPSA) is 26.0 Å². The van der Waals surface area contributed by atoms with E-state index in [1.165, 1.54) is 16.0 Å². The molecule has 0 heterocycles. The van der Waals surface area contributed by atoms with Gasteiger partial charge in [0.05, 0.1) is 0 Å². The molecule has 0 fully saturated rings. The standard InChI is InChI=1S/C11H17NS/c1-8-4-5-10(9(2)7-12)11(6-8)13-3/h4-6,9H,7,12H2,1-3H3. The van der Waals surface area contributed by atoms with Crippen molar-refractivity contribution < 1.29 is 0 Å².